The minimum Gasteiger partial charge on any atom is -0.466 e. The molecule has 0 aromatic rings. The first-order valence-corrected chi connectivity index (χ1v) is 26.6. The van der Waals surface area contributed by atoms with Gasteiger partial charge in [-0.15, -0.1) is 0 Å². The molecule has 3 N–H and O–H groups in total. The van der Waals surface area contributed by atoms with Crippen molar-refractivity contribution in [3.8, 4) is 0 Å². The molecule has 6 heteroatoms. The highest BCUT2D eigenvalue weighted by atomic mass is 16.5. The number of hydrogen-bond donors (Lipinski definition) is 3. The zero-order chi connectivity index (χ0) is 43.7. The van der Waals surface area contributed by atoms with Crippen LogP contribution in [0, 0.1) is 0 Å². The van der Waals surface area contributed by atoms with E-state index in [-0.39, 0.29) is 18.5 Å². The second kappa shape index (κ2) is 50.0. The minimum absolute atomic E-state index is 0.0202. The van der Waals surface area contributed by atoms with E-state index in [9.17, 15) is 19.8 Å². The summed E-state index contributed by atoms with van der Waals surface area (Å²) in [7, 11) is 0. The summed E-state index contributed by atoms with van der Waals surface area (Å²) in [4.78, 5) is 24.4. The molecule has 0 aromatic carbocycles. The number of aliphatic hydroxyl groups excluding tert-OH is 2. The molecule has 0 saturated heterocycles. The summed E-state index contributed by atoms with van der Waals surface area (Å²) in [6.07, 6.45) is 58.6. The molecule has 0 rings (SSSR count). The molecule has 0 spiro atoms. The average Bonchev–Trinajstić information content (AvgIpc) is 3.25. The molecule has 0 bridgehead atoms. The van der Waals surface area contributed by atoms with E-state index in [1.807, 2.05) is 0 Å². The molecule has 0 radical (unpaired) electrons. The largest absolute Gasteiger partial charge is 0.466 e. The van der Waals surface area contributed by atoms with Crippen molar-refractivity contribution in [2.24, 2.45) is 0 Å². The zero-order valence-corrected chi connectivity index (χ0v) is 40.2. The number of allylic oxidation sites excluding steroid dienone is 4. The van der Waals surface area contributed by atoms with Crippen LogP contribution in [0.15, 0.2) is 24.3 Å². The minimum atomic E-state index is -0.674. The van der Waals surface area contributed by atoms with Gasteiger partial charge in [0.05, 0.1) is 25.4 Å². The Hall–Kier alpha value is -1.66. The summed E-state index contributed by atoms with van der Waals surface area (Å²) in [5.41, 5.74) is 0. The molecule has 0 saturated carbocycles. The van der Waals surface area contributed by atoms with E-state index in [0.29, 0.717) is 25.9 Å². The lowest BCUT2D eigenvalue weighted by Crippen LogP contribution is -2.45. The summed E-state index contributed by atoms with van der Waals surface area (Å²) < 4.78 is 5.44. The maximum atomic E-state index is 12.5. The fraction of sp³-hybridized carbons (Fsp3) is 0.889. The van der Waals surface area contributed by atoms with Crippen LogP contribution in [0.3, 0.4) is 0 Å². The van der Waals surface area contributed by atoms with Gasteiger partial charge in [0, 0.05) is 12.8 Å². The van der Waals surface area contributed by atoms with Crippen molar-refractivity contribution >= 4 is 11.9 Å². The lowest BCUT2D eigenvalue weighted by molar-refractivity contribution is -0.143. The number of amides is 1. The fourth-order valence-corrected chi connectivity index (χ4v) is 8.10. The van der Waals surface area contributed by atoms with Crippen molar-refractivity contribution in [2.45, 2.75) is 296 Å². The highest BCUT2D eigenvalue weighted by Gasteiger charge is 2.20. The summed E-state index contributed by atoms with van der Waals surface area (Å²) in [5, 5.41) is 23.2. The molecule has 60 heavy (non-hydrogen) atoms. The van der Waals surface area contributed by atoms with E-state index in [1.165, 1.54) is 180 Å². The Bertz CT molecular complexity index is 935. The van der Waals surface area contributed by atoms with Gasteiger partial charge in [-0.25, -0.2) is 0 Å². The normalized spacial score (nSPS) is 12.8. The van der Waals surface area contributed by atoms with E-state index in [0.717, 1.165) is 70.6 Å². The molecule has 0 aliphatic heterocycles. The maximum absolute atomic E-state index is 12.5. The van der Waals surface area contributed by atoms with Crippen LogP contribution in [0.1, 0.15) is 284 Å². The lowest BCUT2D eigenvalue weighted by atomic mass is 10.0. The average molecular weight is 846 g/mol. The van der Waals surface area contributed by atoms with E-state index < -0.39 is 12.1 Å². The number of esters is 1. The molecular weight excluding hydrogens is 743 g/mol. The van der Waals surface area contributed by atoms with Crippen LogP contribution in [0.4, 0.5) is 0 Å². The van der Waals surface area contributed by atoms with Crippen molar-refractivity contribution in [1.29, 1.82) is 0 Å². The van der Waals surface area contributed by atoms with Gasteiger partial charge in [0.1, 0.15) is 0 Å². The van der Waals surface area contributed by atoms with E-state index >= 15 is 0 Å². The summed E-state index contributed by atoms with van der Waals surface area (Å²) >= 11 is 0. The number of ether oxygens (including phenoxy) is 1. The SMILES string of the molecule is CCCCC/C=C\CCCCCCCC(=O)OCCCCCC/C=C\CCCCCCCCCC(=O)NC(CO)C(O)CCCCCCCCCCCCCCCCCC. The molecule has 2 atom stereocenters. The molecule has 0 heterocycles. The van der Waals surface area contributed by atoms with Crippen molar-refractivity contribution in [1.82, 2.24) is 5.32 Å². The molecule has 2 unspecified atom stereocenters. The third-order valence-corrected chi connectivity index (χ3v) is 12.2. The van der Waals surface area contributed by atoms with Gasteiger partial charge >= 0.3 is 5.97 Å². The first-order chi connectivity index (χ1) is 29.5. The Kier molecular flexibility index (Phi) is 48.6. The topological polar surface area (TPSA) is 95.9 Å². The van der Waals surface area contributed by atoms with Gasteiger partial charge in [0.15, 0.2) is 0 Å². The van der Waals surface area contributed by atoms with E-state index in [4.69, 9.17) is 4.74 Å². The van der Waals surface area contributed by atoms with Gasteiger partial charge in [-0.05, 0) is 77.0 Å². The van der Waals surface area contributed by atoms with Crippen LogP contribution < -0.4 is 5.32 Å². The Labute approximate surface area is 373 Å². The smallest absolute Gasteiger partial charge is 0.305 e. The van der Waals surface area contributed by atoms with Crippen LogP contribution in [0.25, 0.3) is 0 Å². The van der Waals surface area contributed by atoms with Gasteiger partial charge in [0.25, 0.3) is 0 Å². The fourth-order valence-electron chi connectivity index (χ4n) is 8.10. The number of nitrogens with one attached hydrogen (secondary N) is 1. The highest BCUT2D eigenvalue weighted by molar-refractivity contribution is 5.76. The second-order valence-corrected chi connectivity index (χ2v) is 18.2. The first kappa shape index (κ1) is 58.3. The number of carbonyl (C=O) groups is 2. The highest BCUT2D eigenvalue weighted by Crippen LogP contribution is 2.16. The van der Waals surface area contributed by atoms with Crippen molar-refractivity contribution in [2.75, 3.05) is 13.2 Å². The van der Waals surface area contributed by atoms with Gasteiger partial charge in [0.2, 0.25) is 5.91 Å². The van der Waals surface area contributed by atoms with E-state index in [2.05, 4.69) is 43.5 Å². The summed E-state index contributed by atoms with van der Waals surface area (Å²) in [6.45, 7) is 4.89. The van der Waals surface area contributed by atoms with Crippen LogP contribution in [-0.4, -0.2) is 47.4 Å². The predicted octanol–water partition coefficient (Wildman–Crippen LogP) is 15.9. The standard InChI is InChI=1S/C54H103NO5/c1-3-5-7-9-11-13-15-17-18-20-23-26-30-34-38-42-46-52(57)51(50-56)55-53(58)47-43-39-35-31-27-24-21-19-22-25-29-33-37-41-45-49-60-54(59)48-44-40-36-32-28-16-14-12-10-8-6-4-2/h12,14,22,25,51-52,56-57H,3-11,13,15-21,23-24,26-50H2,1-2H3,(H,55,58)/b14-12-,25-22-. The second-order valence-electron chi connectivity index (χ2n) is 18.2. The number of unbranched alkanes of at least 4 members (excludes halogenated alkanes) is 34. The monoisotopic (exact) mass is 846 g/mol. The Morgan fingerprint density at radius 1 is 0.450 bits per heavy atom. The number of carbonyl (C=O) groups excluding carboxylic acids is 2. The third kappa shape index (κ3) is 45.9. The summed E-state index contributed by atoms with van der Waals surface area (Å²) in [6, 6.07) is -0.552. The van der Waals surface area contributed by atoms with Gasteiger partial charge < -0.3 is 20.3 Å². The van der Waals surface area contributed by atoms with Gasteiger partial charge in [-0.2, -0.15) is 0 Å². The van der Waals surface area contributed by atoms with Crippen LogP contribution in [0.5, 0.6) is 0 Å². The van der Waals surface area contributed by atoms with Crippen LogP contribution >= 0.6 is 0 Å². The van der Waals surface area contributed by atoms with Crippen LogP contribution in [0.2, 0.25) is 0 Å². The third-order valence-electron chi connectivity index (χ3n) is 12.2. The van der Waals surface area contributed by atoms with Crippen molar-refractivity contribution in [3.63, 3.8) is 0 Å². The zero-order valence-electron chi connectivity index (χ0n) is 40.2. The maximum Gasteiger partial charge on any atom is 0.305 e. The summed E-state index contributed by atoms with van der Waals surface area (Å²) in [5.74, 6) is -0.0698. The lowest BCUT2D eigenvalue weighted by Gasteiger charge is -2.22. The Morgan fingerprint density at radius 2 is 0.783 bits per heavy atom. The van der Waals surface area contributed by atoms with Gasteiger partial charge in [-0.1, -0.05) is 218 Å². The number of aliphatic hydroxyl groups is 2. The first-order valence-electron chi connectivity index (χ1n) is 26.6. The molecule has 0 aliphatic carbocycles. The predicted molar refractivity (Wildman–Crippen MR) is 260 cm³/mol. The number of rotatable bonds is 49. The van der Waals surface area contributed by atoms with Gasteiger partial charge in [-0.3, -0.25) is 9.59 Å². The van der Waals surface area contributed by atoms with Crippen molar-refractivity contribution < 1.29 is 24.5 Å². The Balaban J connectivity index is 3.49. The van der Waals surface area contributed by atoms with Crippen molar-refractivity contribution in [3.05, 3.63) is 24.3 Å². The molecular formula is C54H103NO5. The molecule has 6 nitrogen and oxygen atoms in total. The molecule has 0 aromatic heterocycles. The Morgan fingerprint density at radius 3 is 1.22 bits per heavy atom. The molecule has 0 aliphatic rings. The molecule has 0 fully saturated rings. The quantitative estimate of drug-likeness (QED) is 0.0322. The van der Waals surface area contributed by atoms with E-state index in [1.54, 1.807) is 0 Å². The van der Waals surface area contributed by atoms with Crippen LogP contribution in [-0.2, 0) is 14.3 Å². The molecule has 1 amide bonds. The number of hydrogen-bond acceptors (Lipinski definition) is 5. The molecule has 354 valence electrons.